The minimum absolute atomic E-state index is 0. The zero-order valence-electron chi connectivity index (χ0n) is 13.7. The Bertz CT molecular complexity index is 569. The number of benzene rings is 2. The van der Waals surface area contributed by atoms with Crippen molar-refractivity contribution in [2.75, 3.05) is 6.54 Å². The summed E-state index contributed by atoms with van der Waals surface area (Å²) < 4.78 is 0. The molecule has 0 aliphatic carbocycles. The van der Waals surface area contributed by atoms with Crippen molar-refractivity contribution in [3.63, 3.8) is 0 Å². The molecule has 0 spiro atoms. The number of hydrogen-bond donors (Lipinski definition) is 1. The van der Waals surface area contributed by atoms with E-state index in [0.29, 0.717) is 0 Å². The average Bonchev–Trinajstić information content (AvgIpc) is 2.59. The molecule has 0 aliphatic heterocycles. The van der Waals surface area contributed by atoms with E-state index in [0.717, 1.165) is 29.8 Å². The molecule has 123 valence electrons. The molecule has 0 heterocycles. The van der Waals surface area contributed by atoms with E-state index in [1.54, 1.807) is 0 Å². The van der Waals surface area contributed by atoms with Gasteiger partial charge in [0.2, 0.25) is 0 Å². The summed E-state index contributed by atoms with van der Waals surface area (Å²) in [5, 5.41) is 10.7. The summed E-state index contributed by atoms with van der Waals surface area (Å²) in [7, 11) is 0. The molecule has 0 fully saturated rings. The summed E-state index contributed by atoms with van der Waals surface area (Å²) >= 11 is 0. The van der Waals surface area contributed by atoms with Crippen LogP contribution in [-0.4, -0.2) is 17.4 Å². The smallest absolute Gasteiger partial charge is 0.121 e. The van der Waals surface area contributed by atoms with E-state index >= 15 is 0 Å². The number of aliphatic hydroxyl groups is 1. The average molecular weight is 350 g/mol. The molecule has 0 bridgehead atoms. The number of unbranched alkanes of at least 4 members (excludes halogenated alkanes) is 3. The van der Waals surface area contributed by atoms with Gasteiger partial charge in [-0.15, -0.1) is 0 Å². The predicted octanol–water partition coefficient (Wildman–Crippen LogP) is 4.79. The third kappa shape index (κ3) is 6.31. The van der Waals surface area contributed by atoms with Gasteiger partial charge in [0.15, 0.2) is 0 Å². The Morgan fingerprint density at radius 1 is 0.913 bits per heavy atom. The van der Waals surface area contributed by atoms with Gasteiger partial charge >= 0.3 is 0 Å². The van der Waals surface area contributed by atoms with Crippen molar-refractivity contribution in [2.45, 2.75) is 38.7 Å². The van der Waals surface area contributed by atoms with E-state index in [-0.39, 0.29) is 17.1 Å². The van der Waals surface area contributed by atoms with Gasteiger partial charge in [-0.05, 0) is 17.5 Å². The third-order valence-corrected chi connectivity index (χ3v) is 3.74. The van der Waals surface area contributed by atoms with Gasteiger partial charge in [-0.3, -0.25) is 4.99 Å². The zero-order chi connectivity index (χ0) is 15.6. The second-order valence-corrected chi connectivity index (χ2v) is 5.51. The molecule has 1 atom stereocenters. The van der Waals surface area contributed by atoms with Crippen molar-refractivity contribution in [3.8, 4) is 0 Å². The fourth-order valence-corrected chi connectivity index (χ4v) is 2.48. The quantitative estimate of drug-likeness (QED) is 0.414. The van der Waals surface area contributed by atoms with Crippen LogP contribution in [0.3, 0.4) is 0 Å². The first-order valence-corrected chi connectivity index (χ1v) is 8.15. The van der Waals surface area contributed by atoms with Gasteiger partial charge in [-0.1, -0.05) is 86.8 Å². The minimum Gasteiger partial charge on any atom is -0.382 e. The monoisotopic (exact) mass is 350 g/mol. The van der Waals surface area contributed by atoms with E-state index in [4.69, 9.17) is 4.99 Å². The number of aliphatic imine (C=N–C) groups is 1. The van der Waals surface area contributed by atoms with Gasteiger partial charge in [0.05, 0.1) is 5.71 Å². The second kappa shape index (κ2) is 11.2. The zero-order valence-corrected chi connectivity index (χ0v) is 14.8. The topological polar surface area (TPSA) is 32.6 Å². The Morgan fingerprint density at radius 2 is 1.52 bits per heavy atom. The summed E-state index contributed by atoms with van der Waals surface area (Å²) in [5.41, 5.74) is 2.65. The van der Waals surface area contributed by atoms with E-state index in [1.807, 2.05) is 60.7 Å². The Morgan fingerprint density at radius 3 is 2.13 bits per heavy atom. The van der Waals surface area contributed by atoms with Crippen molar-refractivity contribution < 1.29 is 22.2 Å². The molecule has 0 aromatic heterocycles. The summed E-state index contributed by atoms with van der Waals surface area (Å²) in [6.45, 7) is 2.98. The van der Waals surface area contributed by atoms with E-state index in [2.05, 4.69) is 6.92 Å². The minimum atomic E-state index is -0.672. The number of hydrogen-bond acceptors (Lipinski definition) is 2. The van der Waals surface area contributed by atoms with Crippen LogP contribution in [0.4, 0.5) is 0 Å². The Kier molecular flexibility index (Phi) is 9.54. The second-order valence-electron chi connectivity index (χ2n) is 5.51. The van der Waals surface area contributed by atoms with Gasteiger partial charge in [-0.2, -0.15) is 0 Å². The van der Waals surface area contributed by atoms with Crippen LogP contribution in [0.25, 0.3) is 0 Å². The van der Waals surface area contributed by atoms with Crippen LogP contribution in [0.5, 0.6) is 0 Å². The van der Waals surface area contributed by atoms with Gasteiger partial charge in [0.25, 0.3) is 0 Å². The van der Waals surface area contributed by atoms with Crippen molar-refractivity contribution in [2.24, 2.45) is 4.99 Å². The van der Waals surface area contributed by atoms with Gasteiger partial charge in [0.1, 0.15) is 6.10 Å². The third-order valence-electron chi connectivity index (χ3n) is 3.74. The molecule has 2 nitrogen and oxygen atoms in total. The maximum Gasteiger partial charge on any atom is 0.121 e. The van der Waals surface area contributed by atoms with Crippen LogP contribution < -0.4 is 0 Å². The molecule has 0 saturated carbocycles. The maximum atomic E-state index is 10.7. The standard InChI is InChI=1S/C20H25NO.Mn/c1-2-3-4-11-16-21-19(17-12-7-5-8-13-17)20(22)18-14-9-6-10-15-18;/h5-10,12-15,20,22H,2-4,11,16H2,1H3;. The molecule has 0 saturated heterocycles. The Hall–Kier alpha value is -1.41. The first kappa shape index (κ1) is 19.6. The molecule has 1 radical (unpaired) electrons. The Labute approximate surface area is 150 Å². The largest absolute Gasteiger partial charge is 0.382 e. The molecular weight excluding hydrogens is 325 g/mol. The van der Waals surface area contributed by atoms with Crippen LogP contribution in [0, 0.1) is 0 Å². The number of rotatable bonds is 8. The van der Waals surface area contributed by atoms with E-state index in [1.165, 1.54) is 19.3 Å². The van der Waals surface area contributed by atoms with Gasteiger partial charge < -0.3 is 5.11 Å². The SMILES string of the molecule is CCCCCCN=C(c1ccccc1)C(O)c1ccccc1.[Mn]. The van der Waals surface area contributed by atoms with Crippen molar-refractivity contribution in [1.29, 1.82) is 0 Å². The molecule has 2 rings (SSSR count). The summed E-state index contributed by atoms with van der Waals surface area (Å²) in [6, 6.07) is 19.7. The normalized spacial score (nSPS) is 12.5. The van der Waals surface area contributed by atoms with Crippen molar-refractivity contribution >= 4 is 5.71 Å². The van der Waals surface area contributed by atoms with Crippen molar-refractivity contribution in [1.82, 2.24) is 0 Å². The van der Waals surface area contributed by atoms with E-state index in [9.17, 15) is 5.11 Å². The van der Waals surface area contributed by atoms with Crippen molar-refractivity contribution in [3.05, 3.63) is 71.8 Å². The fraction of sp³-hybridized carbons (Fsp3) is 0.350. The fourth-order valence-electron chi connectivity index (χ4n) is 2.48. The van der Waals surface area contributed by atoms with Crippen LogP contribution in [0.15, 0.2) is 65.7 Å². The first-order valence-electron chi connectivity index (χ1n) is 8.15. The molecule has 0 aliphatic rings. The van der Waals surface area contributed by atoms with E-state index < -0.39 is 6.10 Å². The maximum absolute atomic E-state index is 10.7. The summed E-state index contributed by atoms with van der Waals surface area (Å²) in [4.78, 5) is 4.71. The van der Waals surface area contributed by atoms with Crippen LogP contribution in [0.1, 0.15) is 49.8 Å². The molecule has 23 heavy (non-hydrogen) atoms. The van der Waals surface area contributed by atoms with Crippen LogP contribution in [-0.2, 0) is 17.1 Å². The molecule has 0 amide bonds. The predicted molar refractivity (Wildman–Crippen MR) is 93.4 cm³/mol. The Balaban J connectivity index is 0.00000264. The van der Waals surface area contributed by atoms with Gasteiger partial charge in [-0.25, -0.2) is 0 Å². The van der Waals surface area contributed by atoms with Crippen LogP contribution in [0.2, 0.25) is 0 Å². The molecule has 3 heteroatoms. The molecular formula is C20H25MnNO. The molecule has 1 unspecified atom stereocenters. The molecule has 2 aromatic rings. The number of nitrogens with zero attached hydrogens (tertiary/aromatic N) is 1. The molecule has 1 N–H and O–H groups in total. The van der Waals surface area contributed by atoms with Gasteiger partial charge in [0, 0.05) is 23.6 Å². The summed E-state index contributed by atoms with van der Waals surface area (Å²) in [5.74, 6) is 0. The molecule has 2 aromatic carbocycles. The number of aliphatic hydroxyl groups excluding tert-OH is 1. The summed E-state index contributed by atoms with van der Waals surface area (Å²) in [6.07, 6.45) is 4.07. The first-order chi connectivity index (χ1) is 10.8. The van der Waals surface area contributed by atoms with Crippen LogP contribution >= 0.6 is 0 Å².